The van der Waals surface area contributed by atoms with Crippen LogP contribution in [0.15, 0.2) is 12.3 Å². The second kappa shape index (κ2) is 4.76. The Balaban J connectivity index is 2.20. The van der Waals surface area contributed by atoms with Crippen LogP contribution in [0, 0.1) is 5.41 Å². The lowest BCUT2D eigenvalue weighted by Crippen LogP contribution is -2.31. The van der Waals surface area contributed by atoms with Gasteiger partial charge in [0.05, 0.1) is 10.6 Å². The number of halogens is 1. The Morgan fingerprint density at radius 3 is 2.89 bits per heavy atom. The maximum atomic E-state index is 11.0. The first-order valence-corrected chi connectivity index (χ1v) is 6.43. The Labute approximate surface area is 111 Å². The molecule has 0 spiro atoms. The predicted molar refractivity (Wildman–Crippen MR) is 71.2 cm³/mol. The summed E-state index contributed by atoms with van der Waals surface area (Å²) in [5.41, 5.74) is 0.301. The van der Waals surface area contributed by atoms with Crippen LogP contribution in [0.3, 0.4) is 0 Å². The Hall–Kier alpha value is -1.29. The third kappa shape index (κ3) is 2.58. The molecule has 0 aromatic carbocycles. The molecule has 1 heterocycles. The number of aromatic nitrogens is 1. The molecule has 18 heavy (non-hydrogen) atoms. The molecule has 1 aromatic heterocycles. The zero-order valence-electron chi connectivity index (χ0n) is 10.5. The van der Waals surface area contributed by atoms with Crippen LogP contribution in [0.1, 0.15) is 43.5 Å². The lowest BCUT2D eigenvalue weighted by Gasteiger charge is -2.28. The number of rotatable bonds is 3. The Morgan fingerprint density at radius 2 is 2.33 bits per heavy atom. The molecule has 5 heteroatoms. The fraction of sp³-hybridized carbons (Fsp3) is 0.538. The number of nitrogens with one attached hydrogen (secondary N) is 1. The van der Waals surface area contributed by atoms with E-state index in [4.69, 9.17) is 16.7 Å². The molecule has 1 fully saturated rings. The van der Waals surface area contributed by atoms with Crippen molar-refractivity contribution in [3.63, 3.8) is 0 Å². The Morgan fingerprint density at radius 1 is 1.61 bits per heavy atom. The van der Waals surface area contributed by atoms with Gasteiger partial charge in [-0.3, -0.25) is 0 Å². The molecule has 0 saturated heterocycles. The summed E-state index contributed by atoms with van der Waals surface area (Å²) in [5, 5.41) is 12.5. The highest BCUT2D eigenvalue weighted by atomic mass is 35.5. The van der Waals surface area contributed by atoms with Crippen LogP contribution in [-0.4, -0.2) is 22.1 Å². The van der Waals surface area contributed by atoms with Gasteiger partial charge in [-0.2, -0.15) is 0 Å². The summed E-state index contributed by atoms with van der Waals surface area (Å²) >= 11 is 5.79. The highest BCUT2D eigenvalue weighted by Gasteiger charge is 2.34. The third-order valence-electron chi connectivity index (χ3n) is 3.67. The first-order chi connectivity index (χ1) is 8.40. The monoisotopic (exact) mass is 268 g/mol. The van der Waals surface area contributed by atoms with Crippen LogP contribution < -0.4 is 5.32 Å². The standard InChI is InChI=1S/C13H17ClN2O2/c1-13(2)5-3-4-10(13)16-11-6-8(12(17)18)9(14)7-15-11/h6-7,10H,3-5H2,1-2H3,(H,15,16)(H,17,18). The highest BCUT2D eigenvalue weighted by molar-refractivity contribution is 6.33. The number of hydrogen-bond acceptors (Lipinski definition) is 3. The van der Waals surface area contributed by atoms with Crippen LogP contribution in [0.5, 0.6) is 0 Å². The maximum absolute atomic E-state index is 11.0. The van der Waals surface area contributed by atoms with E-state index in [1.807, 2.05) is 0 Å². The van der Waals surface area contributed by atoms with Gasteiger partial charge < -0.3 is 10.4 Å². The van der Waals surface area contributed by atoms with Gasteiger partial charge in [-0.15, -0.1) is 0 Å². The quantitative estimate of drug-likeness (QED) is 0.882. The van der Waals surface area contributed by atoms with Crippen molar-refractivity contribution in [3.8, 4) is 0 Å². The van der Waals surface area contributed by atoms with Crippen molar-refractivity contribution < 1.29 is 9.90 Å². The van der Waals surface area contributed by atoms with E-state index in [-0.39, 0.29) is 16.0 Å². The van der Waals surface area contributed by atoms with Gasteiger partial charge in [0.2, 0.25) is 0 Å². The molecule has 1 aliphatic rings. The van der Waals surface area contributed by atoms with Gasteiger partial charge in [-0.1, -0.05) is 31.9 Å². The number of carboxylic acid groups (broad SMARTS) is 1. The number of nitrogens with zero attached hydrogens (tertiary/aromatic N) is 1. The zero-order valence-corrected chi connectivity index (χ0v) is 11.3. The largest absolute Gasteiger partial charge is 0.478 e. The number of hydrogen-bond donors (Lipinski definition) is 2. The number of carboxylic acids is 1. The van der Waals surface area contributed by atoms with Gasteiger partial charge in [0, 0.05) is 12.2 Å². The molecule has 2 rings (SSSR count). The molecule has 2 N–H and O–H groups in total. The Kier molecular flexibility index (Phi) is 3.48. The second-order valence-corrected chi connectivity index (χ2v) is 5.84. The molecular formula is C13H17ClN2O2. The van der Waals surface area contributed by atoms with Gasteiger partial charge >= 0.3 is 5.97 Å². The molecule has 1 aliphatic carbocycles. The van der Waals surface area contributed by atoms with Gasteiger partial charge in [0.25, 0.3) is 0 Å². The maximum Gasteiger partial charge on any atom is 0.337 e. The van der Waals surface area contributed by atoms with E-state index >= 15 is 0 Å². The van der Waals surface area contributed by atoms with Gasteiger partial charge in [0.15, 0.2) is 0 Å². The molecular weight excluding hydrogens is 252 g/mol. The lowest BCUT2D eigenvalue weighted by molar-refractivity contribution is 0.0697. The first-order valence-electron chi connectivity index (χ1n) is 6.05. The topological polar surface area (TPSA) is 62.2 Å². The smallest absolute Gasteiger partial charge is 0.337 e. The van der Waals surface area contributed by atoms with E-state index in [9.17, 15) is 4.79 Å². The van der Waals surface area contributed by atoms with Crippen LogP contribution in [0.4, 0.5) is 5.82 Å². The van der Waals surface area contributed by atoms with Gasteiger partial charge in [-0.05, 0) is 24.3 Å². The molecule has 1 atom stereocenters. The van der Waals surface area contributed by atoms with Crippen molar-refractivity contribution in [1.29, 1.82) is 0 Å². The SMILES string of the molecule is CC1(C)CCCC1Nc1cc(C(=O)O)c(Cl)cn1. The van der Waals surface area contributed by atoms with Gasteiger partial charge in [0.1, 0.15) is 5.82 Å². The number of anilines is 1. The normalized spacial score (nSPS) is 21.8. The summed E-state index contributed by atoms with van der Waals surface area (Å²) < 4.78 is 0. The molecule has 1 aromatic rings. The minimum Gasteiger partial charge on any atom is -0.478 e. The van der Waals surface area contributed by atoms with Crippen molar-refractivity contribution in [2.45, 2.75) is 39.2 Å². The van der Waals surface area contributed by atoms with Crippen molar-refractivity contribution in [2.24, 2.45) is 5.41 Å². The van der Waals surface area contributed by atoms with E-state index in [0.29, 0.717) is 11.9 Å². The summed E-state index contributed by atoms with van der Waals surface area (Å²) in [5.74, 6) is -0.451. The summed E-state index contributed by atoms with van der Waals surface area (Å²) in [4.78, 5) is 15.1. The predicted octanol–water partition coefficient (Wildman–Crippen LogP) is 3.42. The average molecular weight is 269 g/mol. The van der Waals surface area contributed by atoms with E-state index in [2.05, 4.69) is 24.1 Å². The molecule has 0 radical (unpaired) electrons. The molecule has 98 valence electrons. The molecule has 0 aliphatic heterocycles. The Bertz CT molecular complexity index is 474. The van der Waals surface area contributed by atoms with Gasteiger partial charge in [-0.25, -0.2) is 9.78 Å². The fourth-order valence-electron chi connectivity index (χ4n) is 2.45. The minimum absolute atomic E-state index is 0.0879. The molecule has 1 unspecified atom stereocenters. The van der Waals surface area contributed by atoms with E-state index < -0.39 is 5.97 Å². The summed E-state index contributed by atoms with van der Waals surface area (Å²) in [7, 11) is 0. The summed E-state index contributed by atoms with van der Waals surface area (Å²) in [6.45, 7) is 4.43. The van der Waals surface area contributed by atoms with E-state index in [1.165, 1.54) is 25.1 Å². The third-order valence-corrected chi connectivity index (χ3v) is 3.97. The second-order valence-electron chi connectivity index (χ2n) is 5.43. The molecule has 0 bridgehead atoms. The van der Waals surface area contributed by atoms with Crippen molar-refractivity contribution in [2.75, 3.05) is 5.32 Å². The van der Waals surface area contributed by atoms with E-state index in [1.54, 1.807) is 0 Å². The summed E-state index contributed by atoms with van der Waals surface area (Å²) in [6, 6.07) is 1.83. The average Bonchev–Trinajstić information content (AvgIpc) is 2.60. The van der Waals surface area contributed by atoms with Crippen LogP contribution >= 0.6 is 11.6 Å². The summed E-state index contributed by atoms with van der Waals surface area (Å²) in [6.07, 6.45) is 4.82. The van der Waals surface area contributed by atoms with E-state index in [0.717, 1.165) is 6.42 Å². The van der Waals surface area contributed by atoms with Crippen LogP contribution in [-0.2, 0) is 0 Å². The lowest BCUT2D eigenvalue weighted by atomic mass is 9.87. The van der Waals surface area contributed by atoms with Crippen molar-refractivity contribution in [3.05, 3.63) is 22.8 Å². The van der Waals surface area contributed by atoms with Crippen molar-refractivity contribution >= 4 is 23.4 Å². The number of pyridine rings is 1. The van der Waals surface area contributed by atoms with Crippen molar-refractivity contribution in [1.82, 2.24) is 4.98 Å². The fourth-order valence-corrected chi connectivity index (χ4v) is 2.64. The minimum atomic E-state index is -1.03. The zero-order chi connectivity index (χ0) is 13.3. The van der Waals surface area contributed by atoms with Crippen LogP contribution in [0.2, 0.25) is 5.02 Å². The highest BCUT2D eigenvalue weighted by Crippen LogP contribution is 2.38. The molecule has 0 amide bonds. The first kappa shape index (κ1) is 13.1. The molecule has 1 saturated carbocycles. The number of aromatic carboxylic acids is 1. The molecule has 4 nitrogen and oxygen atoms in total. The van der Waals surface area contributed by atoms with Crippen LogP contribution in [0.25, 0.3) is 0 Å². The number of carbonyl (C=O) groups is 1.